The summed E-state index contributed by atoms with van der Waals surface area (Å²) in [5.74, 6) is 0. The molecule has 0 saturated carbocycles. The van der Waals surface area contributed by atoms with Crippen LogP contribution in [0.2, 0.25) is 5.02 Å². The molecule has 2 heterocycles. The predicted octanol–water partition coefficient (Wildman–Crippen LogP) is 3.99. The number of rotatable bonds is 3. The van der Waals surface area contributed by atoms with E-state index < -0.39 is 0 Å². The van der Waals surface area contributed by atoms with Gasteiger partial charge in [0, 0.05) is 29.9 Å². The van der Waals surface area contributed by atoms with Crippen molar-refractivity contribution in [3.8, 4) is 0 Å². The highest BCUT2D eigenvalue weighted by atomic mass is 35.5. The van der Waals surface area contributed by atoms with Gasteiger partial charge < -0.3 is 10.2 Å². The number of amides is 2. The first-order valence-corrected chi connectivity index (χ1v) is 8.67. The van der Waals surface area contributed by atoms with E-state index in [9.17, 15) is 4.79 Å². The molecule has 0 spiro atoms. The maximum atomic E-state index is 12.8. The Kier molecular flexibility index (Phi) is 4.81. The number of hydrogen-bond donors (Lipinski definition) is 1. The van der Waals surface area contributed by atoms with E-state index in [1.54, 1.807) is 0 Å². The van der Waals surface area contributed by atoms with Crippen molar-refractivity contribution in [2.24, 2.45) is 7.05 Å². The van der Waals surface area contributed by atoms with Crippen LogP contribution in [0.1, 0.15) is 48.7 Å². The standard InChI is InChI=1S/C18H23ClN4O/c1-12(15-11-20-22(3)13(15)2)21-18(24)23-10-6-9-17(23)14-7-4-5-8-16(14)19/h4-5,7-8,11-12,17H,6,9-10H2,1-3H3,(H,21,24)/t12-,17-/m1/s1. The number of halogens is 1. The number of aromatic nitrogens is 2. The minimum absolute atomic E-state index is 0.0425. The van der Waals surface area contributed by atoms with Crippen LogP contribution in [0, 0.1) is 6.92 Å². The third-order valence-electron chi connectivity index (χ3n) is 4.86. The van der Waals surface area contributed by atoms with E-state index in [1.807, 2.05) is 60.9 Å². The average molecular weight is 347 g/mol. The molecule has 0 aliphatic carbocycles. The zero-order valence-electron chi connectivity index (χ0n) is 14.3. The largest absolute Gasteiger partial charge is 0.331 e. The van der Waals surface area contributed by atoms with Gasteiger partial charge in [0.05, 0.1) is 18.3 Å². The van der Waals surface area contributed by atoms with Gasteiger partial charge >= 0.3 is 6.03 Å². The zero-order valence-corrected chi connectivity index (χ0v) is 15.0. The van der Waals surface area contributed by atoms with Crippen LogP contribution in [0.25, 0.3) is 0 Å². The molecule has 0 unspecified atom stereocenters. The second-order valence-electron chi connectivity index (χ2n) is 6.35. The van der Waals surface area contributed by atoms with Crippen molar-refractivity contribution in [2.45, 2.75) is 38.8 Å². The van der Waals surface area contributed by atoms with Crippen LogP contribution in [0.4, 0.5) is 4.79 Å². The van der Waals surface area contributed by atoms with E-state index in [4.69, 9.17) is 11.6 Å². The molecular formula is C18H23ClN4O. The quantitative estimate of drug-likeness (QED) is 0.913. The lowest BCUT2D eigenvalue weighted by Crippen LogP contribution is -2.40. The topological polar surface area (TPSA) is 50.2 Å². The van der Waals surface area contributed by atoms with Crippen LogP contribution < -0.4 is 5.32 Å². The third kappa shape index (κ3) is 3.13. The van der Waals surface area contributed by atoms with Gasteiger partial charge in [0.2, 0.25) is 0 Å². The van der Waals surface area contributed by atoms with Crippen LogP contribution in [-0.4, -0.2) is 27.3 Å². The molecule has 1 N–H and O–H groups in total. The second-order valence-corrected chi connectivity index (χ2v) is 6.76. The molecule has 6 heteroatoms. The minimum atomic E-state index is -0.0845. The van der Waals surface area contributed by atoms with Gasteiger partial charge in [-0.1, -0.05) is 29.8 Å². The molecule has 0 bridgehead atoms. The lowest BCUT2D eigenvalue weighted by molar-refractivity contribution is 0.189. The summed E-state index contributed by atoms with van der Waals surface area (Å²) < 4.78 is 1.82. The van der Waals surface area contributed by atoms with Crippen molar-refractivity contribution in [2.75, 3.05) is 6.54 Å². The molecule has 2 atom stereocenters. The Hall–Kier alpha value is -2.01. The van der Waals surface area contributed by atoms with Crippen molar-refractivity contribution >= 4 is 17.6 Å². The van der Waals surface area contributed by atoms with Crippen LogP contribution >= 0.6 is 11.6 Å². The summed E-state index contributed by atoms with van der Waals surface area (Å²) in [6, 6.07) is 7.68. The Balaban J connectivity index is 1.74. The Morgan fingerprint density at radius 2 is 2.17 bits per heavy atom. The summed E-state index contributed by atoms with van der Waals surface area (Å²) in [6.07, 6.45) is 3.75. The van der Waals surface area contributed by atoms with E-state index >= 15 is 0 Å². The molecule has 5 nitrogen and oxygen atoms in total. The summed E-state index contributed by atoms with van der Waals surface area (Å²) in [5.41, 5.74) is 3.13. The van der Waals surface area contributed by atoms with Crippen LogP contribution in [0.15, 0.2) is 30.5 Å². The van der Waals surface area contributed by atoms with Gasteiger partial charge in [0.1, 0.15) is 0 Å². The number of nitrogens with one attached hydrogen (secondary N) is 1. The summed E-state index contributed by atoms with van der Waals surface area (Å²) in [5, 5.41) is 8.07. The van der Waals surface area contributed by atoms with Crippen molar-refractivity contribution < 1.29 is 4.79 Å². The van der Waals surface area contributed by atoms with Gasteiger partial charge in [-0.2, -0.15) is 5.10 Å². The molecule has 1 aliphatic rings. The molecular weight excluding hydrogens is 324 g/mol. The van der Waals surface area contributed by atoms with Crippen LogP contribution in [-0.2, 0) is 7.05 Å². The normalized spacial score (nSPS) is 18.7. The van der Waals surface area contributed by atoms with Crippen molar-refractivity contribution in [1.82, 2.24) is 20.0 Å². The van der Waals surface area contributed by atoms with Gasteiger partial charge in [-0.05, 0) is 38.3 Å². The molecule has 3 rings (SSSR count). The number of carbonyl (C=O) groups excluding carboxylic acids is 1. The highest BCUT2D eigenvalue weighted by molar-refractivity contribution is 6.31. The Bertz CT molecular complexity index is 742. The fraction of sp³-hybridized carbons (Fsp3) is 0.444. The molecule has 1 aromatic heterocycles. The SMILES string of the molecule is Cc1c([C@@H](C)NC(=O)N2CCC[C@@H]2c2ccccc2Cl)cnn1C. The van der Waals surface area contributed by atoms with E-state index in [2.05, 4.69) is 10.4 Å². The van der Waals surface area contributed by atoms with Crippen LogP contribution in [0.5, 0.6) is 0 Å². The number of nitrogens with zero attached hydrogens (tertiary/aromatic N) is 3. The monoisotopic (exact) mass is 346 g/mol. The highest BCUT2D eigenvalue weighted by Crippen LogP contribution is 2.35. The molecule has 1 aliphatic heterocycles. The number of urea groups is 1. The fourth-order valence-corrected chi connectivity index (χ4v) is 3.63. The molecule has 128 valence electrons. The van der Waals surface area contributed by atoms with Crippen LogP contribution in [0.3, 0.4) is 0 Å². The number of hydrogen-bond acceptors (Lipinski definition) is 2. The number of aryl methyl sites for hydroxylation is 1. The Morgan fingerprint density at radius 1 is 1.42 bits per heavy atom. The maximum Gasteiger partial charge on any atom is 0.318 e. The van der Waals surface area contributed by atoms with E-state index in [0.717, 1.165) is 41.2 Å². The molecule has 1 aromatic carbocycles. The lowest BCUT2D eigenvalue weighted by Gasteiger charge is -2.27. The number of likely N-dealkylation sites (tertiary alicyclic amines) is 1. The summed E-state index contributed by atoms with van der Waals surface area (Å²) >= 11 is 6.33. The molecule has 2 aromatic rings. The first kappa shape index (κ1) is 16.8. The summed E-state index contributed by atoms with van der Waals surface area (Å²) in [7, 11) is 1.90. The van der Waals surface area contributed by atoms with Crippen molar-refractivity contribution in [1.29, 1.82) is 0 Å². The van der Waals surface area contributed by atoms with Crippen molar-refractivity contribution in [3.63, 3.8) is 0 Å². The highest BCUT2D eigenvalue weighted by Gasteiger charge is 2.32. The minimum Gasteiger partial charge on any atom is -0.331 e. The van der Waals surface area contributed by atoms with Crippen molar-refractivity contribution in [3.05, 3.63) is 52.3 Å². The van der Waals surface area contributed by atoms with E-state index in [1.165, 1.54) is 0 Å². The van der Waals surface area contributed by atoms with Gasteiger partial charge in [-0.25, -0.2) is 4.79 Å². The summed E-state index contributed by atoms with van der Waals surface area (Å²) in [6.45, 7) is 4.75. The Morgan fingerprint density at radius 3 is 2.83 bits per heavy atom. The van der Waals surface area contributed by atoms with E-state index in [0.29, 0.717) is 0 Å². The molecule has 1 fully saturated rings. The predicted molar refractivity (Wildman–Crippen MR) is 95.0 cm³/mol. The molecule has 24 heavy (non-hydrogen) atoms. The number of benzene rings is 1. The van der Waals surface area contributed by atoms with Gasteiger partial charge in [0.25, 0.3) is 0 Å². The number of carbonyl (C=O) groups is 1. The Labute approximate surface area is 147 Å². The average Bonchev–Trinajstić information content (AvgIpc) is 3.16. The maximum absolute atomic E-state index is 12.8. The fourth-order valence-electron chi connectivity index (χ4n) is 3.37. The summed E-state index contributed by atoms with van der Waals surface area (Å²) in [4.78, 5) is 14.7. The molecule has 0 radical (unpaired) electrons. The zero-order chi connectivity index (χ0) is 17.3. The third-order valence-corrected chi connectivity index (χ3v) is 5.20. The van der Waals surface area contributed by atoms with E-state index in [-0.39, 0.29) is 18.1 Å². The van der Waals surface area contributed by atoms with Gasteiger partial charge in [0.15, 0.2) is 0 Å². The first-order chi connectivity index (χ1) is 11.5. The molecule has 2 amide bonds. The second kappa shape index (κ2) is 6.85. The molecule has 1 saturated heterocycles. The van der Waals surface area contributed by atoms with Gasteiger partial charge in [-0.15, -0.1) is 0 Å². The first-order valence-electron chi connectivity index (χ1n) is 8.29. The lowest BCUT2D eigenvalue weighted by atomic mass is 10.0. The van der Waals surface area contributed by atoms with Gasteiger partial charge in [-0.3, -0.25) is 4.68 Å². The smallest absolute Gasteiger partial charge is 0.318 e.